The molecule has 0 saturated carbocycles. The zero-order valence-electron chi connectivity index (χ0n) is 10.1. The van der Waals surface area contributed by atoms with Gasteiger partial charge in [-0.2, -0.15) is 0 Å². The molecular weight excluding hydrogens is 300 g/mol. The van der Waals surface area contributed by atoms with Crippen LogP contribution in [0.15, 0.2) is 59.3 Å². The number of hydrogen-bond donors (Lipinski definition) is 0. The van der Waals surface area contributed by atoms with Gasteiger partial charge < -0.3 is 0 Å². The van der Waals surface area contributed by atoms with Crippen LogP contribution in [0, 0.1) is 0 Å². The lowest BCUT2D eigenvalue weighted by Crippen LogP contribution is -1.82. The van der Waals surface area contributed by atoms with Crippen molar-refractivity contribution in [1.82, 2.24) is 9.97 Å². The van der Waals surface area contributed by atoms with E-state index in [0.29, 0.717) is 0 Å². The van der Waals surface area contributed by atoms with Crippen molar-refractivity contribution in [3.8, 4) is 0 Å². The van der Waals surface area contributed by atoms with Gasteiger partial charge in [-0.25, -0.2) is 9.97 Å². The molecule has 0 unspecified atom stereocenters. The van der Waals surface area contributed by atoms with E-state index in [2.05, 4.69) is 38.0 Å². The van der Waals surface area contributed by atoms with Gasteiger partial charge in [0.15, 0.2) is 0 Å². The van der Waals surface area contributed by atoms with E-state index in [0.717, 1.165) is 26.8 Å². The third-order valence-corrected chi connectivity index (χ3v) is 3.29. The standard InChI is InChI=1S/C16H11BrN2/c17-16-10-6-12(11-18-16)5-8-14-9-7-13-3-1-2-4-15(13)19-14/h1-11H. The van der Waals surface area contributed by atoms with Crippen molar-refractivity contribution in [3.63, 3.8) is 0 Å². The van der Waals surface area contributed by atoms with Crippen molar-refractivity contribution >= 4 is 39.0 Å². The quantitative estimate of drug-likeness (QED) is 0.648. The van der Waals surface area contributed by atoms with Crippen LogP contribution in [0.4, 0.5) is 0 Å². The lowest BCUT2D eigenvalue weighted by molar-refractivity contribution is 1.27. The number of fused-ring (bicyclic) bond motifs is 1. The molecule has 0 saturated heterocycles. The summed E-state index contributed by atoms with van der Waals surface area (Å²) in [5.74, 6) is 0. The first-order chi connectivity index (χ1) is 9.31. The molecule has 19 heavy (non-hydrogen) atoms. The first-order valence-corrected chi connectivity index (χ1v) is 6.76. The average Bonchev–Trinajstić information content (AvgIpc) is 2.46. The van der Waals surface area contributed by atoms with Gasteiger partial charge in [0, 0.05) is 11.6 Å². The maximum absolute atomic E-state index is 4.59. The number of rotatable bonds is 2. The Morgan fingerprint density at radius 2 is 1.79 bits per heavy atom. The van der Waals surface area contributed by atoms with Crippen molar-refractivity contribution < 1.29 is 0 Å². The molecule has 0 bridgehead atoms. The molecule has 0 radical (unpaired) electrons. The highest BCUT2D eigenvalue weighted by molar-refractivity contribution is 9.10. The summed E-state index contributed by atoms with van der Waals surface area (Å²) in [6.07, 6.45) is 5.83. The Morgan fingerprint density at radius 1 is 0.895 bits per heavy atom. The van der Waals surface area contributed by atoms with E-state index in [9.17, 15) is 0 Å². The molecule has 0 aliphatic carbocycles. The van der Waals surface area contributed by atoms with Crippen LogP contribution in [-0.2, 0) is 0 Å². The SMILES string of the molecule is Brc1ccc(C=Cc2ccc3ccccc3n2)cn1. The molecule has 92 valence electrons. The second-order valence-corrected chi connectivity index (χ2v) is 4.99. The third-order valence-electron chi connectivity index (χ3n) is 2.82. The van der Waals surface area contributed by atoms with Gasteiger partial charge in [-0.15, -0.1) is 0 Å². The molecule has 2 aromatic heterocycles. The predicted molar refractivity (Wildman–Crippen MR) is 82.6 cm³/mol. The maximum Gasteiger partial charge on any atom is 0.106 e. The Labute approximate surface area is 120 Å². The van der Waals surface area contributed by atoms with Gasteiger partial charge in [0.25, 0.3) is 0 Å². The van der Waals surface area contributed by atoms with Crippen molar-refractivity contribution in [2.75, 3.05) is 0 Å². The normalized spacial score (nSPS) is 11.2. The summed E-state index contributed by atoms with van der Waals surface area (Å²) in [5, 5.41) is 1.16. The summed E-state index contributed by atoms with van der Waals surface area (Å²) in [5.41, 5.74) is 3.01. The molecule has 0 N–H and O–H groups in total. The maximum atomic E-state index is 4.59. The molecule has 0 fully saturated rings. The smallest absolute Gasteiger partial charge is 0.106 e. The van der Waals surface area contributed by atoms with Crippen molar-refractivity contribution in [2.45, 2.75) is 0 Å². The van der Waals surface area contributed by atoms with Gasteiger partial charge in [-0.3, -0.25) is 0 Å². The van der Waals surface area contributed by atoms with Crippen molar-refractivity contribution in [3.05, 3.63) is 70.6 Å². The number of halogens is 1. The molecule has 2 nitrogen and oxygen atoms in total. The number of nitrogens with zero attached hydrogens (tertiary/aromatic N) is 2. The molecular formula is C16H11BrN2. The van der Waals surface area contributed by atoms with Crippen LogP contribution in [0.2, 0.25) is 0 Å². The van der Waals surface area contributed by atoms with E-state index in [-0.39, 0.29) is 0 Å². The summed E-state index contributed by atoms with van der Waals surface area (Å²) >= 11 is 3.32. The predicted octanol–water partition coefficient (Wildman–Crippen LogP) is 4.56. The first-order valence-electron chi connectivity index (χ1n) is 5.97. The molecule has 3 aromatic rings. The average molecular weight is 311 g/mol. The molecule has 1 aromatic carbocycles. The lowest BCUT2D eigenvalue weighted by Gasteiger charge is -1.98. The van der Waals surface area contributed by atoms with E-state index in [4.69, 9.17) is 0 Å². The fourth-order valence-electron chi connectivity index (χ4n) is 1.84. The van der Waals surface area contributed by atoms with E-state index in [1.165, 1.54) is 0 Å². The topological polar surface area (TPSA) is 25.8 Å². The van der Waals surface area contributed by atoms with E-state index < -0.39 is 0 Å². The van der Waals surface area contributed by atoms with E-state index in [1.54, 1.807) is 0 Å². The fraction of sp³-hybridized carbons (Fsp3) is 0. The molecule has 2 heterocycles. The third kappa shape index (κ3) is 2.88. The zero-order chi connectivity index (χ0) is 13.1. The number of para-hydroxylation sites is 1. The minimum atomic E-state index is 0.841. The van der Waals surface area contributed by atoms with E-state index >= 15 is 0 Å². The summed E-state index contributed by atoms with van der Waals surface area (Å²) in [6.45, 7) is 0. The Hall–Kier alpha value is -2.00. The minimum Gasteiger partial charge on any atom is -0.249 e. The molecule has 0 amide bonds. The van der Waals surface area contributed by atoms with E-state index in [1.807, 2.05) is 54.7 Å². The van der Waals surface area contributed by atoms with Crippen LogP contribution >= 0.6 is 15.9 Å². The summed E-state index contributed by atoms with van der Waals surface area (Å²) < 4.78 is 0.841. The number of benzene rings is 1. The van der Waals surface area contributed by atoms with Gasteiger partial charge in [-0.05, 0) is 45.8 Å². The van der Waals surface area contributed by atoms with Crippen LogP contribution in [0.5, 0.6) is 0 Å². The van der Waals surface area contributed by atoms with Crippen LogP contribution in [0.1, 0.15) is 11.3 Å². The largest absolute Gasteiger partial charge is 0.249 e. The highest BCUT2D eigenvalue weighted by atomic mass is 79.9. The Morgan fingerprint density at radius 3 is 2.63 bits per heavy atom. The van der Waals surface area contributed by atoms with Crippen LogP contribution in [0.25, 0.3) is 23.1 Å². The van der Waals surface area contributed by atoms with Crippen LogP contribution in [-0.4, -0.2) is 9.97 Å². The van der Waals surface area contributed by atoms with Gasteiger partial charge in [-0.1, -0.05) is 36.4 Å². The Bertz CT molecular complexity index is 733. The van der Waals surface area contributed by atoms with Gasteiger partial charge in [0.05, 0.1) is 11.2 Å². The Kier molecular flexibility index (Phi) is 3.38. The van der Waals surface area contributed by atoms with Gasteiger partial charge in [0.2, 0.25) is 0 Å². The molecule has 0 aliphatic heterocycles. The van der Waals surface area contributed by atoms with Crippen LogP contribution in [0.3, 0.4) is 0 Å². The molecule has 0 spiro atoms. The summed E-state index contributed by atoms with van der Waals surface area (Å²) in [4.78, 5) is 8.78. The van der Waals surface area contributed by atoms with Gasteiger partial charge >= 0.3 is 0 Å². The summed E-state index contributed by atoms with van der Waals surface area (Å²) in [6, 6.07) is 16.1. The monoisotopic (exact) mass is 310 g/mol. The van der Waals surface area contributed by atoms with Crippen molar-refractivity contribution in [2.24, 2.45) is 0 Å². The molecule has 3 rings (SSSR count). The number of aromatic nitrogens is 2. The fourth-order valence-corrected chi connectivity index (χ4v) is 2.08. The second-order valence-electron chi connectivity index (χ2n) is 4.18. The number of pyridine rings is 2. The zero-order valence-corrected chi connectivity index (χ0v) is 11.7. The highest BCUT2D eigenvalue weighted by Crippen LogP contribution is 2.14. The minimum absolute atomic E-state index is 0.841. The summed E-state index contributed by atoms with van der Waals surface area (Å²) in [7, 11) is 0. The first kappa shape index (κ1) is 12.1. The van der Waals surface area contributed by atoms with Gasteiger partial charge in [0.1, 0.15) is 4.60 Å². The molecule has 3 heteroatoms. The molecule has 0 atom stereocenters. The van der Waals surface area contributed by atoms with Crippen molar-refractivity contribution in [1.29, 1.82) is 0 Å². The lowest BCUT2D eigenvalue weighted by atomic mass is 10.2. The Balaban J connectivity index is 1.90. The second kappa shape index (κ2) is 5.33. The molecule has 0 aliphatic rings. The number of hydrogen-bond acceptors (Lipinski definition) is 2. The van der Waals surface area contributed by atoms with Crippen LogP contribution < -0.4 is 0 Å². The highest BCUT2D eigenvalue weighted by Gasteiger charge is 1.95.